The Balaban J connectivity index is 9.84. The fourth-order valence-corrected chi connectivity index (χ4v) is 4.00. The van der Waals surface area contributed by atoms with E-state index in [1.807, 2.05) is 0 Å². The number of hydrogen-bond donors (Lipinski definition) is 0. The Hall–Kier alpha value is -4.95. The number of nitrogens with zero attached hydrogens (tertiary/aromatic N) is 4. The van der Waals surface area contributed by atoms with Crippen LogP contribution in [0.25, 0.3) is 0 Å². The first-order chi connectivity index (χ1) is 31.7. The standard InChI is InChI=1S/C22F44N4O5/c23-4(24,7(25,26)8(27,28)9(29,30)10(31,32)11(33,34)20(57,58)59)1(71)68(65)70(69(66)22(63,64)13(37,38)12(35,36)21(60,61)62)67(2(72)74-5(14(39,40)41,15(42,43)44)16(45,46)47)3(73)75-6(17(48,49)50,18(51,52)53)19(54,55)56. The van der Waals surface area contributed by atoms with Crippen molar-refractivity contribution in [1.82, 2.24) is 20.7 Å². The third kappa shape index (κ3) is 10.0. The predicted molar refractivity (Wildman–Crippen MR) is 126 cm³/mol. The third-order valence-corrected chi connectivity index (χ3v) is 7.84. The first-order valence-corrected chi connectivity index (χ1v) is 15.2. The molecule has 0 saturated carbocycles. The Morgan fingerprint density at radius 2 is 0.493 bits per heavy atom. The molecule has 0 aromatic heterocycles. The normalized spacial score (nSPS) is 16.1. The summed E-state index contributed by atoms with van der Waals surface area (Å²) in [4.78, 5) is 36.7. The molecule has 446 valence electrons. The number of alkyl halides is 42. The molecule has 0 atom stereocenters. The lowest BCUT2D eigenvalue weighted by molar-refractivity contribution is -0.512. The van der Waals surface area contributed by atoms with E-state index in [2.05, 4.69) is 0 Å². The predicted octanol–water partition coefficient (Wildman–Crippen LogP) is 13.2. The van der Waals surface area contributed by atoms with E-state index < -0.39 is 153 Å². The third-order valence-electron chi connectivity index (χ3n) is 7.84. The van der Waals surface area contributed by atoms with Crippen LogP contribution >= 0.6 is 0 Å². The van der Waals surface area contributed by atoms with Crippen LogP contribution in [0, 0.1) is 0 Å². The van der Waals surface area contributed by atoms with Gasteiger partial charge in [0.15, 0.2) is 0 Å². The average Bonchev–Trinajstić information content (AvgIpc) is 3.12. The molecular weight excluding hydrogens is 1240 g/mol. The van der Waals surface area contributed by atoms with E-state index in [1.165, 1.54) is 9.47 Å². The number of amides is 3. The highest BCUT2D eigenvalue weighted by Crippen LogP contribution is 2.64. The maximum Gasteiger partial charge on any atom is 0.460 e. The summed E-state index contributed by atoms with van der Waals surface area (Å²) in [5, 5.41) is -22.6. The van der Waals surface area contributed by atoms with Gasteiger partial charge in [0.25, 0.3) is 0 Å². The van der Waals surface area contributed by atoms with Crippen molar-refractivity contribution in [3.05, 3.63) is 0 Å². The van der Waals surface area contributed by atoms with E-state index in [4.69, 9.17) is 0 Å². The number of ether oxygens (including phenoxy) is 2. The minimum atomic E-state index is -10.2. The average molecular weight is 1240 g/mol. The highest BCUT2D eigenvalue weighted by atomic mass is 19.5. The van der Waals surface area contributed by atoms with Crippen molar-refractivity contribution in [2.45, 2.75) is 114 Å². The van der Waals surface area contributed by atoms with Crippen LogP contribution in [0.15, 0.2) is 0 Å². The van der Waals surface area contributed by atoms with Crippen LogP contribution < -0.4 is 0 Å². The van der Waals surface area contributed by atoms with Gasteiger partial charge in [-0.15, -0.1) is 4.48 Å². The summed E-state index contributed by atoms with van der Waals surface area (Å²) < 4.78 is 603. The summed E-state index contributed by atoms with van der Waals surface area (Å²) in [5.74, 6) is -85.3. The van der Waals surface area contributed by atoms with Gasteiger partial charge in [0.1, 0.15) is 0 Å². The van der Waals surface area contributed by atoms with Gasteiger partial charge in [-0.3, -0.25) is 4.79 Å². The van der Waals surface area contributed by atoms with Crippen molar-refractivity contribution < 1.29 is 217 Å². The molecule has 0 radical (unpaired) electrons. The second kappa shape index (κ2) is 18.3. The fourth-order valence-electron chi connectivity index (χ4n) is 4.00. The zero-order valence-electron chi connectivity index (χ0n) is 31.5. The van der Waals surface area contributed by atoms with E-state index in [0.29, 0.717) is 0 Å². The zero-order chi connectivity index (χ0) is 62.0. The van der Waals surface area contributed by atoms with Gasteiger partial charge in [0, 0.05) is 10.5 Å². The van der Waals surface area contributed by atoms with Gasteiger partial charge in [0.05, 0.1) is 0 Å². The Labute approximate surface area is 371 Å². The summed E-state index contributed by atoms with van der Waals surface area (Å²) in [7, 11) is 0. The molecule has 75 heavy (non-hydrogen) atoms. The fraction of sp³-hybridized carbons (Fsp3) is 0.864. The van der Waals surface area contributed by atoms with Crippen molar-refractivity contribution in [3.63, 3.8) is 0 Å². The minimum Gasteiger partial charge on any atom is -0.414 e. The SMILES string of the molecule is O=C(OC(C(F)(F)F)(C(F)(F)F)C(F)(F)F)N(C(=O)OC(C(F)(F)F)(C(F)(F)F)C(F)(F)F)N(N(F)C(=O)C(F)(F)C(F)(F)C(F)(F)C(F)(F)C(F)(F)C(F)(F)C(F)(F)F)N(F)C(F)(F)C(F)(F)C(F)(F)C(F)(F)F. The summed E-state index contributed by atoms with van der Waals surface area (Å²) in [5.41, 5.74) is -18.8. The summed E-state index contributed by atoms with van der Waals surface area (Å²) >= 11 is 0. The Morgan fingerprint density at radius 1 is 0.280 bits per heavy atom. The molecule has 0 N–H and O–H groups in total. The van der Waals surface area contributed by atoms with Gasteiger partial charge >= 0.3 is 132 Å². The number of imide groups is 1. The van der Waals surface area contributed by atoms with Gasteiger partial charge in [-0.05, 0) is 0 Å². The Morgan fingerprint density at radius 3 is 0.720 bits per heavy atom. The van der Waals surface area contributed by atoms with Gasteiger partial charge < -0.3 is 9.47 Å². The molecule has 3 amide bonds. The maximum atomic E-state index is 15.4. The molecule has 0 heterocycles. The molecule has 0 unspecified atom stereocenters. The van der Waals surface area contributed by atoms with Crippen LogP contribution in [0.3, 0.4) is 0 Å². The molecule has 0 aliphatic rings. The monoisotopic (exact) mass is 1240 g/mol. The summed E-state index contributed by atoms with van der Waals surface area (Å²) in [6, 6.07) is -9.93. The van der Waals surface area contributed by atoms with E-state index in [0.717, 1.165) is 0 Å². The van der Waals surface area contributed by atoms with Crippen molar-refractivity contribution in [1.29, 1.82) is 0 Å². The number of hydrogen-bond acceptors (Lipinski definition) is 7. The first-order valence-electron chi connectivity index (χ1n) is 15.2. The molecule has 0 aliphatic carbocycles. The lowest BCUT2D eigenvalue weighted by atomic mass is 9.91. The summed E-state index contributed by atoms with van der Waals surface area (Å²) in [6.45, 7) is 0. The van der Waals surface area contributed by atoms with Crippen molar-refractivity contribution >= 4 is 18.1 Å². The first kappa shape index (κ1) is 70.1. The molecule has 0 saturated heterocycles. The molecule has 0 rings (SSSR count). The van der Waals surface area contributed by atoms with Gasteiger partial charge in [-0.1, -0.05) is 14.7 Å². The largest absolute Gasteiger partial charge is 0.460 e. The minimum absolute atomic E-state index is 1.18. The van der Waals surface area contributed by atoms with E-state index in [1.54, 1.807) is 0 Å². The van der Waals surface area contributed by atoms with Crippen molar-refractivity contribution in [2.75, 3.05) is 0 Å². The van der Waals surface area contributed by atoms with Gasteiger partial charge in [-0.2, -0.15) is 184 Å². The second-order valence-electron chi connectivity index (χ2n) is 12.6. The highest BCUT2D eigenvalue weighted by molar-refractivity contribution is 5.89. The number of halogens is 44. The second-order valence-corrected chi connectivity index (χ2v) is 12.6. The molecule has 9 nitrogen and oxygen atoms in total. The molecule has 0 bridgehead atoms. The van der Waals surface area contributed by atoms with E-state index >= 15 is 8.96 Å². The van der Waals surface area contributed by atoms with Gasteiger partial charge in [0.2, 0.25) is 0 Å². The molecule has 53 heteroatoms. The van der Waals surface area contributed by atoms with Crippen LogP contribution in [-0.4, -0.2) is 153 Å². The molecular formula is C22F44N4O5. The Kier molecular flexibility index (Phi) is 17.1. The lowest BCUT2D eigenvalue weighted by Gasteiger charge is -2.45. The number of rotatable bonds is 14. The van der Waals surface area contributed by atoms with Crippen LogP contribution in [0.1, 0.15) is 0 Å². The molecule has 0 aliphatic heterocycles. The molecule has 0 aromatic carbocycles. The number of hydrazine groups is 3. The van der Waals surface area contributed by atoms with Crippen LogP contribution in [-0.2, 0) is 14.3 Å². The lowest BCUT2D eigenvalue weighted by Crippen LogP contribution is -2.77. The zero-order valence-corrected chi connectivity index (χ0v) is 31.5. The smallest absolute Gasteiger partial charge is 0.414 e. The summed E-state index contributed by atoms with van der Waals surface area (Å²) in [6.07, 6.45) is -85.9. The number of carbonyl (C=O) groups is 3. The van der Waals surface area contributed by atoms with Crippen LogP contribution in [0.5, 0.6) is 0 Å². The van der Waals surface area contributed by atoms with Crippen LogP contribution in [0.2, 0.25) is 0 Å². The van der Waals surface area contributed by atoms with E-state index in [9.17, 15) is 199 Å². The van der Waals surface area contributed by atoms with E-state index in [-0.39, 0.29) is 0 Å². The Bertz CT molecular complexity index is 1940. The van der Waals surface area contributed by atoms with Gasteiger partial charge in [-0.25, -0.2) is 9.59 Å². The topological polar surface area (TPSA) is 82.6 Å². The molecule has 0 spiro atoms. The van der Waals surface area contributed by atoms with Crippen molar-refractivity contribution in [3.8, 4) is 0 Å². The van der Waals surface area contributed by atoms with Crippen molar-refractivity contribution in [2.24, 2.45) is 0 Å². The number of carbonyl (C=O) groups excluding carboxylic acids is 3. The quantitative estimate of drug-likeness (QED) is 0.0742. The van der Waals surface area contributed by atoms with Crippen LogP contribution in [0.4, 0.5) is 203 Å². The molecule has 0 fully saturated rings. The maximum absolute atomic E-state index is 15.4. The molecule has 0 aromatic rings. The highest BCUT2D eigenvalue weighted by Gasteiger charge is 2.95.